The van der Waals surface area contributed by atoms with E-state index < -0.39 is 5.97 Å². The van der Waals surface area contributed by atoms with E-state index in [0.29, 0.717) is 16.3 Å². The molecule has 0 bridgehead atoms. The highest BCUT2D eigenvalue weighted by molar-refractivity contribution is 6.30. The largest absolute Gasteiger partial charge is 0.491 e. The highest BCUT2D eigenvalue weighted by atomic mass is 35.5. The summed E-state index contributed by atoms with van der Waals surface area (Å²) in [6.07, 6.45) is 0. The minimum atomic E-state index is -1.13. The molecule has 2 aromatic heterocycles. The zero-order chi connectivity index (χ0) is 29.3. The summed E-state index contributed by atoms with van der Waals surface area (Å²) in [4.78, 5) is 41.1. The highest BCUT2D eigenvalue weighted by Gasteiger charge is 2.21. The van der Waals surface area contributed by atoms with Gasteiger partial charge in [-0.15, -0.1) is 0 Å². The number of aryl methyl sites for hydroxylation is 1. The van der Waals surface area contributed by atoms with E-state index in [4.69, 9.17) is 37.8 Å². The number of aliphatic imine (C=N–C) groups is 1. The number of carboxylic acids is 1. The van der Waals surface area contributed by atoms with E-state index in [1.54, 1.807) is 24.3 Å². The zero-order valence-corrected chi connectivity index (χ0v) is 22.9. The van der Waals surface area contributed by atoms with Crippen LogP contribution in [0.1, 0.15) is 45.2 Å². The van der Waals surface area contributed by atoms with Gasteiger partial charge in [-0.3, -0.25) is 4.79 Å². The maximum Gasteiger partial charge on any atom is 0.339 e. The van der Waals surface area contributed by atoms with Crippen LogP contribution in [0.3, 0.4) is 0 Å². The van der Waals surface area contributed by atoms with Crippen LogP contribution in [0.25, 0.3) is 22.1 Å². The predicted molar refractivity (Wildman–Crippen MR) is 156 cm³/mol. The second kappa shape index (κ2) is 11.2. The van der Waals surface area contributed by atoms with Crippen molar-refractivity contribution in [1.82, 2.24) is 24.8 Å². The van der Waals surface area contributed by atoms with Crippen LogP contribution in [0.4, 0.5) is 5.69 Å². The predicted octanol–water partition coefficient (Wildman–Crippen LogP) is 3.67. The van der Waals surface area contributed by atoms with Crippen LogP contribution in [0.15, 0.2) is 59.6 Å². The fraction of sp³-hybridized carbons (Fsp3) is 0.179. The summed E-state index contributed by atoms with van der Waals surface area (Å²) in [5, 5.41) is 12.5. The molecule has 5 aromatic rings. The number of nitrogens with two attached hydrogens (primary N) is 2. The Kier molecular flexibility index (Phi) is 7.49. The number of guanidine groups is 1. The quantitative estimate of drug-likeness (QED) is 0.100. The first-order valence-electron chi connectivity index (χ1n) is 12.6. The summed E-state index contributed by atoms with van der Waals surface area (Å²) in [5.41, 5.74) is 15.1. The van der Waals surface area contributed by atoms with E-state index in [0.717, 1.165) is 33.7 Å². The topological polar surface area (TPSA) is 187 Å². The molecule has 13 heteroatoms. The first kappa shape index (κ1) is 27.5. The van der Waals surface area contributed by atoms with Crippen molar-refractivity contribution in [2.45, 2.75) is 12.8 Å². The van der Waals surface area contributed by atoms with Gasteiger partial charge >= 0.3 is 5.97 Å². The van der Waals surface area contributed by atoms with Crippen molar-refractivity contribution in [2.24, 2.45) is 23.5 Å². The Morgan fingerprint density at radius 1 is 1.12 bits per heavy atom. The number of halogens is 1. The number of rotatable bonds is 9. The van der Waals surface area contributed by atoms with E-state index in [-0.39, 0.29) is 42.2 Å². The van der Waals surface area contributed by atoms with Crippen molar-refractivity contribution in [1.29, 1.82) is 0 Å². The van der Waals surface area contributed by atoms with Crippen molar-refractivity contribution in [3.8, 4) is 5.75 Å². The van der Waals surface area contributed by atoms with Gasteiger partial charge < -0.3 is 36.2 Å². The molecule has 0 saturated heterocycles. The lowest BCUT2D eigenvalue weighted by Crippen LogP contribution is -2.28. The number of carboxylic acid groups (broad SMARTS) is 1. The maximum absolute atomic E-state index is 12.8. The number of aromatic amines is 1. The number of carbonyl (C=O) groups excluding carboxylic acids is 1. The molecule has 2 heterocycles. The Bertz CT molecular complexity index is 1820. The SMILES string of the molecule is CC(c1nc2ccc(N=C(N)N)cc2[nH]1)c1nc2ccc(C(=O)NCCOc3cc(Cl)ccc3C(=O)O)cc2n1C. The van der Waals surface area contributed by atoms with Gasteiger partial charge in [-0.2, -0.15) is 0 Å². The summed E-state index contributed by atoms with van der Waals surface area (Å²) < 4.78 is 7.49. The number of aromatic carboxylic acids is 1. The van der Waals surface area contributed by atoms with Crippen LogP contribution in [-0.4, -0.2) is 55.6 Å². The molecule has 1 unspecified atom stereocenters. The van der Waals surface area contributed by atoms with Crippen LogP contribution < -0.4 is 21.5 Å². The molecule has 1 amide bonds. The van der Waals surface area contributed by atoms with Gasteiger partial charge in [-0.05, 0) is 61.5 Å². The van der Waals surface area contributed by atoms with Gasteiger partial charge in [0.25, 0.3) is 5.91 Å². The van der Waals surface area contributed by atoms with E-state index in [2.05, 4.69) is 15.3 Å². The first-order chi connectivity index (χ1) is 19.6. The smallest absolute Gasteiger partial charge is 0.339 e. The fourth-order valence-electron chi connectivity index (χ4n) is 4.52. The lowest BCUT2D eigenvalue weighted by molar-refractivity contribution is 0.0691. The summed E-state index contributed by atoms with van der Waals surface area (Å²) >= 11 is 5.95. The zero-order valence-electron chi connectivity index (χ0n) is 22.2. The molecule has 0 aliphatic carbocycles. The standard InChI is InChI=1S/C28H27ClN8O4/c1-14(24-34-19-8-5-17(33-28(30)31)13-21(19)35-24)25-36-20-7-3-15(11-22(20)37(25)2)26(38)32-9-10-41-23-12-16(29)4-6-18(23)27(39)40/h3-8,11-14H,9-10H2,1-2H3,(H,32,38)(H,34,35)(H,39,40)(H4,30,31,33). The lowest BCUT2D eigenvalue weighted by atomic mass is 10.1. The molecule has 0 radical (unpaired) electrons. The molecular weight excluding hydrogens is 548 g/mol. The number of nitrogens with zero attached hydrogens (tertiary/aromatic N) is 4. The number of hydrogen-bond donors (Lipinski definition) is 5. The van der Waals surface area contributed by atoms with E-state index >= 15 is 0 Å². The van der Waals surface area contributed by atoms with E-state index in [1.165, 1.54) is 18.2 Å². The Morgan fingerprint density at radius 2 is 1.90 bits per heavy atom. The second-order valence-electron chi connectivity index (χ2n) is 9.36. The molecule has 0 aliphatic rings. The average molecular weight is 575 g/mol. The van der Waals surface area contributed by atoms with Gasteiger partial charge in [0.2, 0.25) is 0 Å². The molecule has 0 saturated carbocycles. The van der Waals surface area contributed by atoms with Gasteiger partial charge in [-0.1, -0.05) is 11.6 Å². The summed E-state index contributed by atoms with van der Waals surface area (Å²) in [5.74, 6) is -0.000647. The molecule has 5 rings (SSSR count). The third-order valence-corrected chi connectivity index (χ3v) is 6.77. The monoisotopic (exact) mass is 574 g/mol. The number of hydrogen-bond acceptors (Lipinski definition) is 6. The number of H-pyrrole nitrogens is 1. The summed E-state index contributed by atoms with van der Waals surface area (Å²) in [6.45, 7) is 2.22. The normalized spacial score (nSPS) is 11.9. The van der Waals surface area contributed by atoms with Crippen molar-refractivity contribution >= 4 is 57.2 Å². The number of imidazole rings is 2. The third-order valence-electron chi connectivity index (χ3n) is 6.54. The van der Waals surface area contributed by atoms with E-state index in [1.807, 2.05) is 30.7 Å². The van der Waals surface area contributed by atoms with Gasteiger partial charge in [0.15, 0.2) is 5.96 Å². The van der Waals surface area contributed by atoms with Gasteiger partial charge in [0.1, 0.15) is 29.6 Å². The molecule has 1 atom stereocenters. The lowest BCUT2D eigenvalue weighted by Gasteiger charge is -2.11. The molecule has 41 heavy (non-hydrogen) atoms. The van der Waals surface area contributed by atoms with Crippen LogP contribution in [0.5, 0.6) is 5.75 Å². The fourth-order valence-corrected chi connectivity index (χ4v) is 4.68. The number of aromatic nitrogens is 4. The Labute approximate surface area is 239 Å². The summed E-state index contributed by atoms with van der Waals surface area (Å²) in [6, 6.07) is 15.0. The number of amides is 1. The Hall–Kier alpha value is -5.10. The minimum absolute atomic E-state index is 0.00856. The molecule has 12 nitrogen and oxygen atoms in total. The van der Waals surface area contributed by atoms with Gasteiger partial charge in [0, 0.05) is 17.6 Å². The Morgan fingerprint density at radius 3 is 2.66 bits per heavy atom. The molecule has 0 fully saturated rings. The van der Waals surface area contributed by atoms with Crippen LogP contribution in [0, 0.1) is 0 Å². The number of ether oxygens (including phenoxy) is 1. The molecule has 210 valence electrons. The second-order valence-corrected chi connectivity index (χ2v) is 9.80. The van der Waals surface area contributed by atoms with Gasteiger partial charge in [-0.25, -0.2) is 19.8 Å². The molecule has 0 spiro atoms. The molecule has 0 aliphatic heterocycles. The summed E-state index contributed by atoms with van der Waals surface area (Å²) in [7, 11) is 1.89. The van der Waals surface area contributed by atoms with Crippen molar-refractivity contribution in [3.05, 3.63) is 82.4 Å². The Balaban J connectivity index is 1.29. The van der Waals surface area contributed by atoms with Crippen molar-refractivity contribution in [3.63, 3.8) is 0 Å². The first-order valence-corrected chi connectivity index (χ1v) is 13.0. The van der Waals surface area contributed by atoms with Crippen LogP contribution in [-0.2, 0) is 7.05 Å². The number of fused-ring (bicyclic) bond motifs is 2. The minimum Gasteiger partial charge on any atom is -0.491 e. The average Bonchev–Trinajstić information content (AvgIpc) is 3.50. The van der Waals surface area contributed by atoms with Crippen LogP contribution >= 0.6 is 11.6 Å². The number of nitrogens with one attached hydrogen (secondary N) is 2. The van der Waals surface area contributed by atoms with Crippen molar-refractivity contribution in [2.75, 3.05) is 13.2 Å². The van der Waals surface area contributed by atoms with Crippen molar-refractivity contribution < 1.29 is 19.4 Å². The maximum atomic E-state index is 12.8. The molecule has 7 N–H and O–H groups in total. The van der Waals surface area contributed by atoms with Gasteiger partial charge in [0.05, 0.1) is 40.2 Å². The molecule has 3 aromatic carbocycles. The van der Waals surface area contributed by atoms with E-state index in [9.17, 15) is 14.7 Å². The molecular formula is C28H27ClN8O4. The third kappa shape index (κ3) is 5.77. The highest BCUT2D eigenvalue weighted by Crippen LogP contribution is 2.28. The number of carbonyl (C=O) groups is 2. The number of benzene rings is 3. The van der Waals surface area contributed by atoms with Crippen LogP contribution in [0.2, 0.25) is 5.02 Å².